The molecule has 4 nitrogen and oxygen atoms in total. The Labute approximate surface area is 112 Å². The number of rotatable bonds is 4. The van der Waals surface area contributed by atoms with Gasteiger partial charge >= 0.3 is 0 Å². The van der Waals surface area contributed by atoms with E-state index in [9.17, 15) is 0 Å². The van der Waals surface area contributed by atoms with E-state index in [0.717, 1.165) is 13.1 Å². The highest BCUT2D eigenvalue weighted by atomic mass is 15.3. The van der Waals surface area contributed by atoms with Crippen molar-refractivity contribution in [1.82, 2.24) is 19.3 Å². The first kappa shape index (κ1) is 11.7. The summed E-state index contributed by atoms with van der Waals surface area (Å²) in [4.78, 5) is 4.05. The van der Waals surface area contributed by atoms with Gasteiger partial charge in [-0.2, -0.15) is 5.10 Å². The maximum atomic E-state index is 4.30. The molecule has 96 valence electrons. The summed E-state index contributed by atoms with van der Waals surface area (Å²) in [6, 6.07) is 8.63. The Kier molecular flexibility index (Phi) is 3.14. The van der Waals surface area contributed by atoms with E-state index in [4.69, 9.17) is 0 Å². The zero-order chi connectivity index (χ0) is 13.1. The van der Waals surface area contributed by atoms with Gasteiger partial charge < -0.3 is 4.57 Å². The fourth-order valence-electron chi connectivity index (χ4n) is 2.08. The molecule has 0 aliphatic carbocycles. The Morgan fingerprint density at radius 1 is 1.05 bits per heavy atom. The molecule has 0 N–H and O–H groups in total. The molecule has 0 radical (unpaired) electrons. The summed E-state index contributed by atoms with van der Waals surface area (Å²) in [7, 11) is 0. The molecular formula is C15H16N4. The highest BCUT2D eigenvalue weighted by Crippen LogP contribution is 2.08. The van der Waals surface area contributed by atoms with Crippen molar-refractivity contribution < 1.29 is 0 Å². The minimum Gasteiger partial charge on any atom is -0.333 e. The van der Waals surface area contributed by atoms with Crippen LogP contribution in [0.3, 0.4) is 0 Å². The Bertz CT molecular complexity index is 635. The van der Waals surface area contributed by atoms with Crippen molar-refractivity contribution in [2.24, 2.45) is 0 Å². The maximum Gasteiger partial charge on any atom is 0.0949 e. The molecule has 2 heterocycles. The molecule has 0 saturated carbocycles. The van der Waals surface area contributed by atoms with E-state index in [1.54, 1.807) is 6.20 Å². The Balaban J connectivity index is 1.68. The lowest BCUT2D eigenvalue weighted by Crippen LogP contribution is -2.01. The van der Waals surface area contributed by atoms with E-state index < -0.39 is 0 Å². The summed E-state index contributed by atoms with van der Waals surface area (Å²) in [5.74, 6) is 0. The number of imidazole rings is 1. The zero-order valence-electron chi connectivity index (χ0n) is 10.9. The quantitative estimate of drug-likeness (QED) is 0.715. The van der Waals surface area contributed by atoms with E-state index in [-0.39, 0.29) is 0 Å². The van der Waals surface area contributed by atoms with Crippen LogP contribution >= 0.6 is 0 Å². The van der Waals surface area contributed by atoms with E-state index >= 15 is 0 Å². The summed E-state index contributed by atoms with van der Waals surface area (Å²) in [6.07, 6.45) is 9.54. The minimum absolute atomic E-state index is 0.819. The molecule has 3 aromatic rings. The summed E-state index contributed by atoms with van der Waals surface area (Å²) in [6.45, 7) is 3.73. The fraction of sp³-hybridized carbons (Fsp3) is 0.200. The van der Waals surface area contributed by atoms with Crippen molar-refractivity contribution in [3.05, 3.63) is 72.1 Å². The number of hydrogen-bond acceptors (Lipinski definition) is 2. The normalized spacial score (nSPS) is 10.8. The van der Waals surface area contributed by atoms with Crippen molar-refractivity contribution in [2.45, 2.75) is 20.0 Å². The zero-order valence-corrected chi connectivity index (χ0v) is 10.9. The molecule has 19 heavy (non-hydrogen) atoms. The van der Waals surface area contributed by atoms with Crippen LogP contribution in [0.25, 0.3) is 0 Å². The van der Waals surface area contributed by atoms with Gasteiger partial charge in [0, 0.05) is 25.1 Å². The lowest BCUT2D eigenvalue weighted by atomic mass is 10.1. The topological polar surface area (TPSA) is 35.6 Å². The molecule has 2 aromatic heterocycles. The molecule has 0 spiro atoms. The molecule has 0 fully saturated rings. The molecule has 0 aliphatic heterocycles. The minimum atomic E-state index is 0.819. The number of aryl methyl sites for hydroxylation is 1. The molecule has 1 aromatic carbocycles. The van der Waals surface area contributed by atoms with Gasteiger partial charge in [0.15, 0.2) is 0 Å². The summed E-state index contributed by atoms with van der Waals surface area (Å²) in [5.41, 5.74) is 3.73. The predicted molar refractivity (Wildman–Crippen MR) is 73.8 cm³/mol. The standard InChI is InChI=1S/C15H16N4/c1-13-8-17-19(9-13)11-15-4-2-14(3-5-15)10-18-7-6-16-12-18/h2-9,12H,10-11H2,1H3. The van der Waals surface area contributed by atoms with Crippen LogP contribution in [0.2, 0.25) is 0 Å². The number of nitrogens with zero attached hydrogens (tertiary/aromatic N) is 4. The van der Waals surface area contributed by atoms with Crippen molar-refractivity contribution in [1.29, 1.82) is 0 Å². The molecule has 0 bridgehead atoms. The monoisotopic (exact) mass is 252 g/mol. The Morgan fingerprint density at radius 3 is 2.37 bits per heavy atom. The smallest absolute Gasteiger partial charge is 0.0949 e. The van der Waals surface area contributed by atoms with E-state index in [1.165, 1.54) is 16.7 Å². The summed E-state index contributed by atoms with van der Waals surface area (Å²) in [5, 5.41) is 4.30. The average Bonchev–Trinajstić information content (AvgIpc) is 3.04. The molecule has 0 atom stereocenters. The van der Waals surface area contributed by atoms with Crippen LogP contribution in [0, 0.1) is 6.92 Å². The van der Waals surface area contributed by atoms with Gasteiger partial charge in [0.2, 0.25) is 0 Å². The lowest BCUT2D eigenvalue weighted by molar-refractivity contribution is 0.686. The van der Waals surface area contributed by atoms with Gasteiger partial charge in [-0.25, -0.2) is 4.98 Å². The number of benzene rings is 1. The fourth-order valence-corrected chi connectivity index (χ4v) is 2.08. The second-order valence-electron chi connectivity index (χ2n) is 4.77. The second-order valence-corrected chi connectivity index (χ2v) is 4.77. The highest BCUT2D eigenvalue weighted by Gasteiger charge is 1.98. The Morgan fingerprint density at radius 2 is 1.79 bits per heavy atom. The van der Waals surface area contributed by atoms with Gasteiger partial charge in [-0.3, -0.25) is 4.68 Å². The molecule has 0 amide bonds. The molecule has 0 saturated heterocycles. The molecular weight excluding hydrogens is 236 g/mol. The van der Waals surface area contributed by atoms with E-state index in [1.807, 2.05) is 23.4 Å². The summed E-state index contributed by atoms with van der Waals surface area (Å²) < 4.78 is 4.02. The lowest BCUT2D eigenvalue weighted by Gasteiger charge is -2.05. The van der Waals surface area contributed by atoms with Crippen LogP contribution in [-0.2, 0) is 13.1 Å². The predicted octanol–water partition coefficient (Wildman–Crippen LogP) is 2.48. The van der Waals surface area contributed by atoms with Crippen molar-refractivity contribution >= 4 is 0 Å². The Hall–Kier alpha value is -2.36. The largest absolute Gasteiger partial charge is 0.333 e. The van der Waals surface area contributed by atoms with Gasteiger partial charge in [0.25, 0.3) is 0 Å². The number of aromatic nitrogens is 4. The van der Waals surface area contributed by atoms with E-state index in [2.05, 4.69) is 52.0 Å². The average molecular weight is 252 g/mol. The SMILES string of the molecule is Cc1cnn(Cc2ccc(Cn3ccnc3)cc2)c1. The molecule has 0 aliphatic rings. The van der Waals surface area contributed by atoms with Crippen LogP contribution in [-0.4, -0.2) is 19.3 Å². The first-order chi connectivity index (χ1) is 9.29. The maximum absolute atomic E-state index is 4.30. The first-order valence-electron chi connectivity index (χ1n) is 6.32. The van der Waals surface area contributed by atoms with Crippen LogP contribution < -0.4 is 0 Å². The van der Waals surface area contributed by atoms with Gasteiger partial charge in [-0.1, -0.05) is 24.3 Å². The van der Waals surface area contributed by atoms with Crippen LogP contribution in [0.4, 0.5) is 0 Å². The van der Waals surface area contributed by atoms with Crippen molar-refractivity contribution in [3.8, 4) is 0 Å². The first-order valence-corrected chi connectivity index (χ1v) is 6.32. The highest BCUT2D eigenvalue weighted by molar-refractivity contribution is 5.23. The molecule has 4 heteroatoms. The second kappa shape index (κ2) is 5.10. The van der Waals surface area contributed by atoms with E-state index in [0.29, 0.717) is 0 Å². The van der Waals surface area contributed by atoms with Crippen LogP contribution in [0.1, 0.15) is 16.7 Å². The van der Waals surface area contributed by atoms with Crippen molar-refractivity contribution in [3.63, 3.8) is 0 Å². The third-order valence-corrected chi connectivity index (χ3v) is 3.05. The van der Waals surface area contributed by atoms with Gasteiger partial charge in [0.05, 0.1) is 19.1 Å². The third kappa shape index (κ3) is 2.91. The summed E-state index contributed by atoms with van der Waals surface area (Å²) >= 11 is 0. The molecule has 0 unspecified atom stereocenters. The van der Waals surface area contributed by atoms with Crippen LogP contribution in [0.5, 0.6) is 0 Å². The van der Waals surface area contributed by atoms with Crippen molar-refractivity contribution in [2.75, 3.05) is 0 Å². The van der Waals surface area contributed by atoms with Gasteiger partial charge in [-0.05, 0) is 23.6 Å². The van der Waals surface area contributed by atoms with Gasteiger partial charge in [-0.15, -0.1) is 0 Å². The van der Waals surface area contributed by atoms with Crippen LogP contribution in [0.15, 0.2) is 55.4 Å². The molecule has 3 rings (SSSR count). The number of hydrogen-bond donors (Lipinski definition) is 0. The van der Waals surface area contributed by atoms with Gasteiger partial charge in [0.1, 0.15) is 0 Å². The third-order valence-electron chi connectivity index (χ3n) is 3.05.